The molecular weight excluding hydrogens is 328 g/mol. The van der Waals surface area contributed by atoms with Gasteiger partial charge in [0, 0.05) is 17.0 Å². The van der Waals surface area contributed by atoms with E-state index in [1.807, 2.05) is 56.8 Å². The van der Waals surface area contributed by atoms with Crippen molar-refractivity contribution in [2.24, 2.45) is 0 Å². The second kappa shape index (κ2) is 7.61. The highest BCUT2D eigenvalue weighted by molar-refractivity contribution is 7.99. The molecule has 1 aliphatic heterocycles. The molecule has 0 spiro atoms. The van der Waals surface area contributed by atoms with E-state index in [0.717, 1.165) is 23.2 Å². The molecule has 1 saturated heterocycles. The molecule has 1 N–H and O–H groups in total. The summed E-state index contributed by atoms with van der Waals surface area (Å²) in [4.78, 5) is 17.6. The lowest BCUT2D eigenvalue weighted by atomic mass is 9.94. The number of aryl methyl sites for hydroxylation is 1. The van der Waals surface area contributed by atoms with Gasteiger partial charge < -0.3 is 5.32 Å². The van der Waals surface area contributed by atoms with Gasteiger partial charge in [0.1, 0.15) is 0 Å². The summed E-state index contributed by atoms with van der Waals surface area (Å²) in [5.41, 5.74) is 3.41. The lowest BCUT2D eigenvalue weighted by Gasteiger charge is -2.29. The van der Waals surface area contributed by atoms with Gasteiger partial charge in [-0.2, -0.15) is 11.8 Å². The Labute approximate surface area is 154 Å². The van der Waals surface area contributed by atoms with Crippen LogP contribution in [-0.4, -0.2) is 16.6 Å². The van der Waals surface area contributed by atoms with Gasteiger partial charge in [0.15, 0.2) is 0 Å². The molecule has 0 radical (unpaired) electrons. The fourth-order valence-electron chi connectivity index (χ4n) is 3.40. The van der Waals surface area contributed by atoms with Crippen LogP contribution in [0.15, 0.2) is 42.6 Å². The SMILES string of the molecule is Cc1cccc(C2CCCCS2)c1C(=O)NC(C)(C)c1ccccn1. The van der Waals surface area contributed by atoms with Crippen LogP contribution in [0.5, 0.6) is 0 Å². The number of hydrogen-bond donors (Lipinski definition) is 1. The fourth-order valence-corrected chi connectivity index (χ4v) is 4.76. The molecule has 2 aromatic rings. The number of pyridine rings is 1. The van der Waals surface area contributed by atoms with Gasteiger partial charge in [-0.1, -0.05) is 30.7 Å². The second-order valence-electron chi connectivity index (χ2n) is 7.19. The number of carbonyl (C=O) groups is 1. The first kappa shape index (κ1) is 18.0. The molecule has 1 fully saturated rings. The van der Waals surface area contributed by atoms with Crippen LogP contribution in [0.3, 0.4) is 0 Å². The monoisotopic (exact) mass is 354 g/mol. The molecule has 2 heterocycles. The van der Waals surface area contributed by atoms with Crippen molar-refractivity contribution in [3.8, 4) is 0 Å². The number of aromatic nitrogens is 1. The summed E-state index contributed by atoms with van der Waals surface area (Å²) in [5, 5.41) is 3.62. The number of hydrogen-bond acceptors (Lipinski definition) is 3. The minimum atomic E-state index is -0.516. The molecule has 1 amide bonds. The van der Waals surface area contributed by atoms with Crippen LogP contribution in [0.25, 0.3) is 0 Å². The second-order valence-corrected chi connectivity index (χ2v) is 8.50. The van der Waals surface area contributed by atoms with E-state index >= 15 is 0 Å². The van der Waals surface area contributed by atoms with Gasteiger partial charge >= 0.3 is 0 Å². The third kappa shape index (κ3) is 4.06. The quantitative estimate of drug-likeness (QED) is 0.839. The molecule has 25 heavy (non-hydrogen) atoms. The highest BCUT2D eigenvalue weighted by Gasteiger charge is 2.28. The first-order chi connectivity index (χ1) is 12.0. The molecule has 1 aromatic carbocycles. The van der Waals surface area contributed by atoms with Crippen LogP contribution >= 0.6 is 11.8 Å². The van der Waals surface area contributed by atoms with E-state index in [9.17, 15) is 4.79 Å². The summed E-state index contributed by atoms with van der Waals surface area (Å²) in [6.45, 7) is 6.03. The zero-order valence-corrected chi connectivity index (χ0v) is 16.0. The van der Waals surface area contributed by atoms with Crippen LogP contribution in [0.2, 0.25) is 0 Å². The highest BCUT2D eigenvalue weighted by atomic mass is 32.2. The molecule has 3 rings (SSSR count). The first-order valence-corrected chi connectivity index (χ1v) is 9.99. The van der Waals surface area contributed by atoms with Gasteiger partial charge in [0.25, 0.3) is 5.91 Å². The summed E-state index contributed by atoms with van der Waals surface area (Å²) in [5.74, 6) is 1.17. The van der Waals surface area contributed by atoms with Gasteiger partial charge in [0.2, 0.25) is 0 Å². The van der Waals surface area contributed by atoms with Crippen LogP contribution in [0.1, 0.15) is 65.5 Å². The fraction of sp³-hybridized carbons (Fsp3) is 0.429. The maximum absolute atomic E-state index is 13.2. The predicted molar refractivity (Wildman–Crippen MR) is 105 cm³/mol. The minimum Gasteiger partial charge on any atom is -0.342 e. The van der Waals surface area contributed by atoms with Gasteiger partial charge in [-0.3, -0.25) is 9.78 Å². The summed E-state index contributed by atoms with van der Waals surface area (Å²) >= 11 is 1.98. The number of thioether (sulfide) groups is 1. The van der Waals surface area contributed by atoms with E-state index in [4.69, 9.17) is 0 Å². The minimum absolute atomic E-state index is 0.00470. The lowest BCUT2D eigenvalue weighted by Crippen LogP contribution is -2.42. The van der Waals surface area contributed by atoms with E-state index in [-0.39, 0.29) is 5.91 Å². The van der Waals surface area contributed by atoms with Crippen molar-refractivity contribution in [1.82, 2.24) is 10.3 Å². The summed E-state index contributed by atoms with van der Waals surface area (Å²) < 4.78 is 0. The number of rotatable bonds is 4. The van der Waals surface area contributed by atoms with Crippen molar-refractivity contribution in [2.45, 2.75) is 50.8 Å². The topological polar surface area (TPSA) is 42.0 Å². The van der Waals surface area contributed by atoms with Crippen molar-refractivity contribution in [2.75, 3.05) is 5.75 Å². The average molecular weight is 355 g/mol. The molecule has 4 heteroatoms. The Morgan fingerprint density at radius 1 is 1.20 bits per heavy atom. The smallest absolute Gasteiger partial charge is 0.252 e. The molecule has 1 atom stereocenters. The molecule has 0 bridgehead atoms. The van der Waals surface area contributed by atoms with Crippen LogP contribution in [0, 0.1) is 6.92 Å². The largest absolute Gasteiger partial charge is 0.342 e. The van der Waals surface area contributed by atoms with Crippen molar-refractivity contribution < 1.29 is 4.79 Å². The summed E-state index contributed by atoms with van der Waals surface area (Å²) in [6, 6.07) is 12.0. The third-order valence-electron chi connectivity index (χ3n) is 4.79. The zero-order valence-electron chi connectivity index (χ0n) is 15.2. The number of amides is 1. The van der Waals surface area contributed by atoms with E-state index < -0.39 is 5.54 Å². The standard InChI is InChI=1S/C21H26N2OS/c1-15-9-8-10-16(17-11-5-7-14-25-17)19(15)20(24)23-21(2,3)18-12-4-6-13-22-18/h4,6,8-10,12-13,17H,5,7,11,14H2,1-3H3,(H,23,24). The third-order valence-corrected chi connectivity index (χ3v) is 6.21. The molecule has 1 aromatic heterocycles. The van der Waals surface area contributed by atoms with Crippen LogP contribution in [-0.2, 0) is 5.54 Å². The molecule has 0 saturated carbocycles. The van der Waals surface area contributed by atoms with Gasteiger partial charge in [-0.25, -0.2) is 0 Å². The molecule has 3 nitrogen and oxygen atoms in total. The summed E-state index contributed by atoms with van der Waals surface area (Å²) in [7, 11) is 0. The Morgan fingerprint density at radius 3 is 2.72 bits per heavy atom. The van der Waals surface area contributed by atoms with E-state index in [1.54, 1.807) is 6.20 Å². The van der Waals surface area contributed by atoms with Crippen molar-refractivity contribution in [1.29, 1.82) is 0 Å². The van der Waals surface area contributed by atoms with Crippen molar-refractivity contribution >= 4 is 17.7 Å². The van der Waals surface area contributed by atoms with Gasteiger partial charge in [-0.05, 0) is 62.6 Å². The molecule has 0 aliphatic carbocycles. The molecule has 1 aliphatic rings. The zero-order chi connectivity index (χ0) is 17.9. The van der Waals surface area contributed by atoms with E-state index in [0.29, 0.717) is 5.25 Å². The highest BCUT2D eigenvalue weighted by Crippen LogP contribution is 2.40. The van der Waals surface area contributed by atoms with Gasteiger partial charge in [-0.15, -0.1) is 0 Å². The van der Waals surface area contributed by atoms with Crippen molar-refractivity contribution in [3.63, 3.8) is 0 Å². The Kier molecular flexibility index (Phi) is 5.48. The first-order valence-electron chi connectivity index (χ1n) is 8.94. The normalized spacial score (nSPS) is 18.0. The van der Waals surface area contributed by atoms with Crippen LogP contribution < -0.4 is 5.32 Å². The Hall–Kier alpha value is -1.81. The summed E-state index contributed by atoms with van der Waals surface area (Å²) in [6.07, 6.45) is 5.44. The average Bonchev–Trinajstić information content (AvgIpc) is 2.62. The predicted octanol–water partition coefficient (Wildman–Crippen LogP) is 5.01. The number of nitrogens with one attached hydrogen (secondary N) is 1. The van der Waals surface area contributed by atoms with Crippen molar-refractivity contribution in [3.05, 3.63) is 65.0 Å². The Balaban J connectivity index is 1.89. The Morgan fingerprint density at radius 2 is 2.04 bits per heavy atom. The molecule has 1 unspecified atom stereocenters. The van der Waals surface area contributed by atoms with E-state index in [1.165, 1.54) is 24.2 Å². The number of benzene rings is 1. The van der Waals surface area contributed by atoms with E-state index in [2.05, 4.69) is 22.4 Å². The van der Waals surface area contributed by atoms with Gasteiger partial charge in [0.05, 0.1) is 11.2 Å². The Bertz CT molecular complexity index is 737. The van der Waals surface area contributed by atoms with Crippen LogP contribution in [0.4, 0.5) is 0 Å². The maximum Gasteiger partial charge on any atom is 0.252 e. The molecule has 132 valence electrons. The maximum atomic E-state index is 13.2. The number of nitrogens with zero attached hydrogens (tertiary/aromatic N) is 1. The lowest BCUT2D eigenvalue weighted by molar-refractivity contribution is 0.0908. The molecular formula is C21H26N2OS. The number of carbonyl (C=O) groups excluding carboxylic acids is 1.